The van der Waals surface area contributed by atoms with Gasteiger partial charge < -0.3 is 15.2 Å². The largest absolute Gasteiger partial charge is 0.484 e. The summed E-state index contributed by atoms with van der Waals surface area (Å²) in [6.45, 7) is 2.75. The zero-order chi connectivity index (χ0) is 18.5. The number of carbonyl (C=O) groups excluding carboxylic acids is 1. The normalized spacial score (nSPS) is 21.6. The first-order chi connectivity index (χ1) is 12.5. The van der Waals surface area contributed by atoms with Gasteiger partial charge in [-0.1, -0.05) is 13.0 Å². The van der Waals surface area contributed by atoms with Crippen LogP contribution >= 0.6 is 0 Å². The number of carboxylic acid groups (broad SMARTS) is 1. The number of carboxylic acids is 1. The molecule has 0 heterocycles. The van der Waals surface area contributed by atoms with Gasteiger partial charge in [-0.2, -0.15) is 0 Å². The van der Waals surface area contributed by atoms with Gasteiger partial charge in [0.25, 0.3) is 5.91 Å². The number of ether oxygens (including phenoxy) is 1. The van der Waals surface area contributed by atoms with Gasteiger partial charge in [0.05, 0.1) is 6.54 Å². The smallest absolute Gasteiger partial charge is 0.317 e. The third-order valence-corrected chi connectivity index (χ3v) is 5.43. The Hall–Kier alpha value is -2.08. The van der Waals surface area contributed by atoms with Crippen LogP contribution in [0.4, 0.5) is 0 Å². The molecule has 3 rings (SSSR count). The number of nitrogens with one attached hydrogen (secondary N) is 1. The molecule has 1 aromatic rings. The lowest BCUT2D eigenvalue weighted by atomic mass is 9.85. The quantitative estimate of drug-likeness (QED) is 0.741. The molecule has 2 N–H and O–H groups in total. The highest BCUT2D eigenvalue weighted by atomic mass is 16.5. The molecular formula is C20H28N2O4. The predicted molar refractivity (Wildman–Crippen MR) is 98.4 cm³/mol. The van der Waals surface area contributed by atoms with Crippen molar-refractivity contribution in [2.75, 3.05) is 19.7 Å². The average molecular weight is 360 g/mol. The van der Waals surface area contributed by atoms with Crippen molar-refractivity contribution in [3.63, 3.8) is 0 Å². The fourth-order valence-electron chi connectivity index (χ4n) is 3.89. The van der Waals surface area contributed by atoms with Crippen LogP contribution in [0, 0.1) is 0 Å². The van der Waals surface area contributed by atoms with Gasteiger partial charge in [-0.3, -0.25) is 14.5 Å². The SMILES string of the molecule is CCN(CC(=O)O)C1CC(NC(=O)COc2ccc3c(c2)CCCC3)C1. The maximum atomic E-state index is 12.1. The van der Waals surface area contributed by atoms with Gasteiger partial charge in [-0.15, -0.1) is 0 Å². The summed E-state index contributed by atoms with van der Waals surface area (Å²) in [6.07, 6.45) is 6.29. The number of amides is 1. The standard InChI is InChI=1S/C20H28N2O4/c1-2-22(12-20(24)25)17-10-16(11-17)21-19(23)13-26-18-8-7-14-5-3-4-6-15(14)9-18/h7-9,16-17H,2-6,10-13H2,1H3,(H,21,23)(H,24,25). The van der Waals surface area contributed by atoms with E-state index >= 15 is 0 Å². The van der Waals surface area contributed by atoms with Crippen molar-refractivity contribution in [2.24, 2.45) is 0 Å². The second-order valence-corrected chi connectivity index (χ2v) is 7.27. The Balaban J connectivity index is 1.39. The molecule has 0 saturated heterocycles. The van der Waals surface area contributed by atoms with Gasteiger partial charge in [0.2, 0.25) is 0 Å². The first-order valence-corrected chi connectivity index (χ1v) is 9.55. The van der Waals surface area contributed by atoms with Crippen LogP contribution in [-0.4, -0.2) is 53.7 Å². The van der Waals surface area contributed by atoms with Crippen molar-refractivity contribution in [3.8, 4) is 5.75 Å². The van der Waals surface area contributed by atoms with Gasteiger partial charge >= 0.3 is 5.97 Å². The number of aliphatic carboxylic acids is 1. The Morgan fingerprint density at radius 1 is 1.23 bits per heavy atom. The molecule has 1 fully saturated rings. The minimum absolute atomic E-state index is 0.0204. The first kappa shape index (κ1) is 18.7. The van der Waals surface area contributed by atoms with Crippen LogP contribution in [0.3, 0.4) is 0 Å². The van der Waals surface area contributed by atoms with Gasteiger partial charge in [-0.25, -0.2) is 0 Å². The van der Waals surface area contributed by atoms with Crippen molar-refractivity contribution >= 4 is 11.9 Å². The fraction of sp³-hybridized carbons (Fsp3) is 0.600. The number of hydrogen-bond acceptors (Lipinski definition) is 4. The van der Waals surface area contributed by atoms with Crippen LogP contribution in [0.2, 0.25) is 0 Å². The van der Waals surface area contributed by atoms with E-state index in [0.717, 1.165) is 31.4 Å². The second-order valence-electron chi connectivity index (χ2n) is 7.27. The van der Waals surface area contributed by atoms with E-state index in [9.17, 15) is 9.59 Å². The summed E-state index contributed by atoms with van der Waals surface area (Å²) in [4.78, 5) is 24.9. The Morgan fingerprint density at radius 3 is 2.65 bits per heavy atom. The van der Waals surface area contributed by atoms with Crippen molar-refractivity contribution < 1.29 is 19.4 Å². The lowest BCUT2D eigenvalue weighted by Gasteiger charge is -2.42. The average Bonchev–Trinajstić information content (AvgIpc) is 2.60. The van der Waals surface area contributed by atoms with Crippen LogP contribution in [0.15, 0.2) is 18.2 Å². The van der Waals surface area contributed by atoms with Crippen molar-refractivity contribution in [1.29, 1.82) is 0 Å². The molecule has 6 heteroatoms. The Bertz CT molecular complexity index is 655. The summed E-state index contributed by atoms with van der Waals surface area (Å²) in [5.41, 5.74) is 2.74. The molecule has 2 aliphatic carbocycles. The third-order valence-electron chi connectivity index (χ3n) is 5.43. The summed E-state index contributed by atoms with van der Waals surface area (Å²) in [6, 6.07) is 6.47. The molecule has 0 unspecified atom stereocenters. The molecule has 0 spiro atoms. The summed E-state index contributed by atoms with van der Waals surface area (Å²) < 4.78 is 5.65. The number of carbonyl (C=O) groups is 2. The number of hydrogen-bond donors (Lipinski definition) is 2. The summed E-state index contributed by atoms with van der Waals surface area (Å²) in [7, 11) is 0. The van der Waals surface area contributed by atoms with E-state index in [0.29, 0.717) is 6.54 Å². The summed E-state index contributed by atoms with van der Waals surface area (Å²) >= 11 is 0. The van der Waals surface area contributed by atoms with Gasteiger partial charge in [-0.05, 0) is 68.3 Å². The molecule has 6 nitrogen and oxygen atoms in total. The van der Waals surface area contributed by atoms with E-state index < -0.39 is 5.97 Å². The van der Waals surface area contributed by atoms with E-state index in [2.05, 4.69) is 17.4 Å². The number of nitrogens with zero attached hydrogens (tertiary/aromatic N) is 1. The predicted octanol–water partition coefficient (Wildman–Crippen LogP) is 2.00. The highest BCUT2D eigenvalue weighted by Crippen LogP contribution is 2.26. The van der Waals surface area contributed by atoms with Crippen LogP contribution in [-0.2, 0) is 22.4 Å². The molecule has 2 aliphatic rings. The first-order valence-electron chi connectivity index (χ1n) is 9.55. The molecule has 0 atom stereocenters. The van der Waals surface area contributed by atoms with Gasteiger partial charge in [0.1, 0.15) is 5.75 Å². The number of fused-ring (bicyclic) bond motifs is 1. The molecule has 0 aliphatic heterocycles. The van der Waals surface area contributed by atoms with Crippen molar-refractivity contribution in [1.82, 2.24) is 10.2 Å². The lowest BCUT2D eigenvalue weighted by molar-refractivity contribution is -0.139. The number of benzene rings is 1. The summed E-state index contributed by atoms with van der Waals surface area (Å²) in [5.74, 6) is -0.170. The number of aryl methyl sites for hydroxylation is 2. The monoisotopic (exact) mass is 360 g/mol. The molecule has 26 heavy (non-hydrogen) atoms. The van der Waals surface area contributed by atoms with Crippen molar-refractivity contribution in [2.45, 2.75) is 57.5 Å². The number of likely N-dealkylation sites (N-methyl/N-ethyl adjacent to an activating group) is 1. The van der Waals surface area contributed by atoms with Crippen LogP contribution in [0.25, 0.3) is 0 Å². The highest BCUT2D eigenvalue weighted by Gasteiger charge is 2.34. The molecule has 0 radical (unpaired) electrons. The fourth-order valence-corrected chi connectivity index (χ4v) is 3.89. The van der Waals surface area contributed by atoms with Crippen LogP contribution in [0.1, 0.15) is 43.7 Å². The molecule has 0 aromatic heterocycles. The molecular weight excluding hydrogens is 332 g/mol. The molecule has 142 valence electrons. The van der Waals surface area contributed by atoms with Gasteiger partial charge in [0, 0.05) is 12.1 Å². The number of rotatable bonds is 8. The Labute approximate surface area is 154 Å². The topological polar surface area (TPSA) is 78.9 Å². The zero-order valence-corrected chi connectivity index (χ0v) is 15.4. The minimum Gasteiger partial charge on any atom is -0.484 e. The molecule has 0 bridgehead atoms. The van der Waals surface area contributed by atoms with E-state index in [1.807, 2.05) is 17.9 Å². The highest BCUT2D eigenvalue weighted by molar-refractivity contribution is 5.78. The second kappa shape index (κ2) is 8.54. The zero-order valence-electron chi connectivity index (χ0n) is 15.4. The van der Waals surface area contributed by atoms with E-state index in [1.165, 1.54) is 24.0 Å². The molecule has 1 aromatic carbocycles. The minimum atomic E-state index is -0.808. The maximum absolute atomic E-state index is 12.1. The Kier molecular flexibility index (Phi) is 6.14. The van der Waals surface area contributed by atoms with Crippen LogP contribution < -0.4 is 10.1 Å². The lowest BCUT2D eigenvalue weighted by Crippen LogP contribution is -2.55. The summed E-state index contributed by atoms with van der Waals surface area (Å²) in [5, 5.41) is 11.9. The van der Waals surface area contributed by atoms with Crippen molar-refractivity contribution in [3.05, 3.63) is 29.3 Å². The van der Waals surface area contributed by atoms with E-state index in [1.54, 1.807) is 0 Å². The molecule has 1 amide bonds. The third kappa shape index (κ3) is 4.75. The molecule has 1 saturated carbocycles. The Morgan fingerprint density at radius 2 is 1.96 bits per heavy atom. The van der Waals surface area contributed by atoms with Gasteiger partial charge in [0.15, 0.2) is 6.61 Å². The maximum Gasteiger partial charge on any atom is 0.317 e. The van der Waals surface area contributed by atoms with Crippen LogP contribution in [0.5, 0.6) is 5.75 Å². The van der Waals surface area contributed by atoms with E-state index in [4.69, 9.17) is 9.84 Å². The van der Waals surface area contributed by atoms with E-state index in [-0.39, 0.29) is 31.1 Å².